The van der Waals surface area contributed by atoms with Crippen molar-refractivity contribution in [3.8, 4) is 5.75 Å². The van der Waals surface area contributed by atoms with Crippen LogP contribution in [0.25, 0.3) is 0 Å². The van der Waals surface area contributed by atoms with Crippen molar-refractivity contribution in [2.24, 2.45) is 4.99 Å². The van der Waals surface area contributed by atoms with Crippen molar-refractivity contribution in [3.05, 3.63) is 24.3 Å². The predicted molar refractivity (Wildman–Crippen MR) is 50.0 cm³/mol. The summed E-state index contributed by atoms with van der Waals surface area (Å²) in [6.45, 7) is 3.91. The van der Waals surface area contributed by atoms with Crippen LogP contribution in [0.3, 0.4) is 0 Å². The average Bonchev–Trinajstić information content (AvgIpc) is 2.08. The van der Waals surface area contributed by atoms with Gasteiger partial charge >= 0.3 is 0 Å². The molecule has 0 radical (unpaired) electrons. The molecule has 1 aromatic carbocycles. The van der Waals surface area contributed by atoms with Crippen LogP contribution in [-0.4, -0.2) is 12.2 Å². The molecule has 0 fully saturated rings. The third-order valence-electron chi connectivity index (χ3n) is 1.38. The molecule has 0 aliphatic rings. The van der Waals surface area contributed by atoms with Crippen LogP contribution in [-0.2, 0) is 4.79 Å². The van der Waals surface area contributed by atoms with Crippen LogP contribution < -0.4 is 4.74 Å². The normalized spacial score (nSPS) is 9.46. The van der Waals surface area contributed by atoms with Crippen LogP contribution in [0, 0.1) is 0 Å². The molecule has 0 aliphatic carbocycles. The number of aliphatic imine (C=N–C) groups is 1. The highest BCUT2D eigenvalue weighted by atomic mass is 16.5. The minimum absolute atomic E-state index is 0.153. The van der Waals surface area contributed by atoms with Gasteiger partial charge in [0.2, 0.25) is 6.08 Å². The first-order chi connectivity index (χ1) is 6.22. The van der Waals surface area contributed by atoms with Gasteiger partial charge < -0.3 is 4.74 Å². The average molecular weight is 177 g/mol. The lowest BCUT2D eigenvalue weighted by Gasteiger charge is -2.08. The molecule has 0 spiro atoms. The molecule has 3 heteroatoms. The number of hydrogen-bond donors (Lipinski definition) is 0. The van der Waals surface area contributed by atoms with Crippen molar-refractivity contribution >= 4 is 11.8 Å². The van der Waals surface area contributed by atoms with Crippen LogP contribution in [0.4, 0.5) is 5.69 Å². The number of rotatable bonds is 3. The van der Waals surface area contributed by atoms with E-state index in [9.17, 15) is 4.79 Å². The minimum Gasteiger partial charge on any atom is -0.491 e. The van der Waals surface area contributed by atoms with E-state index in [2.05, 4.69) is 4.99 Å². The van der Waals surface area contributed by atoms with Gasteiger partial charge in [-0.1, -0.05) is 0 Å². The second-order valence-electron chi connectivity index (χ2n) is 2.86. The summed E-state index contributed by atoms with van der Waals surface area (Å²) in [7, 11) is 0. The highest BCUT2D eigenvalue weighted by Crippen LogP contribution is 2.18. The lowest BCUT2D eigenvalue weighted by Crippen LogP contribution is -2.04. The second-order valence-corrected chi connectivity index (χ2v) is 2.86. The van der Waals surface area contributed by atoms with Crippen molar-refractivity contribution < 1.29 is 9.53 Å². The molecule has 0 amide bonds. The van der Waals surface area contributed by atoms with E-state index in [-0.39, 0.29) is 6.10 Å². The molecule has 0 atom stereocenters. The summed E-state index contributed by atoms with van der Waals surface area (Å²) in [5, 5.41) is 0. The molecule has 0 unspecified atom stereocenters. The minimum atomic E-state index is 0.153. The Morgan fingerprint density at radius 1 is 1.31 bits per heavy atom. The Labute approximate surface area is 77.1 Å². The summed E-state index contributed by atoms with van der Waals surface area (Å²) < 4.78 is 5.41. The summed E-state index contributed by atoms with van der Waals surface area (Å²) in [4.78, 5) is 13.4. The number of carbonyl (C=O) groups excluding carboxylic acids is 1. The first-order valence-corrected chi connectivity index (χ1v) is 4.07. The lowest BCUT2D eigenvalue weighted by atomic mass is 10.3. The van der Waals surface area contributed by atoms with Crippen molar-refractivity contribution in [1.82, 2.24) is 0 Å². The molecule has 0 bridgehead atoms. The zero-order valence-electron chi connectivity index (χ0n) is 7.65. The highest BCUT2D eigenvalue weighted by Gasteiger charge is 1.96. The van der Waals surface area contributed by atoms with Gasteiger partial charge in [-0.3, -0.25) is 0 Å². The summed E-state index contributed by atoms with van der Waals surface area (Å²) in [5.74, 6) is 0.778. The SMILES string of the molecule is CC(C)Oc1ccc(N=C=O)cc1. The van der Waals surface area contributed by atoms with E-state index < -0.39 is 0 Å². The molecule has 68 valence electrons. The number of benzene rings is 1. The largest absolute Gasteiger partial charge is 0.491 e. The summed E-state index contributed by atoms with van der Waals surface area (Å²) in [6.07, 6.45) is 1.63. The number of ether oxygens (including phenoxy) is 1. The zero-order valence-corrected chi connectivity index (χ0v) is 7.65. The predicted octanol–water partition coefficient (Wildman–Crippen LogP) is 2.44. The third-order valence-corrected chi connectivity index (χ3v) is 1.38. The zero-order chi connectivity index (χ0) is 9.68. The molecule has 1 rings (SSSR count). The number of nitrogens with zero attached hydrogens (tertiary/aromatic N) is 1. The maximum Gasteiger partial charge on any atom is 0.240 e. The first-order valence-electron chi connectivity index (χ1n) is 4.07. The van der Waals surface area contributed by atoms with Crippen molar-refractivity contribution in [1.29, 1.82) is 0 Å². The molecule has 0 N–H and O–H groups in total. The molecular weight excluding hydrogens is 166 g/mol. The molecule has 0 aromatic heterocycles. The summed E-state index contributed by atoms with van der Waals surface area (Å²) in [6, 6.07) is 6.97. The van der Waals surface area contributed by atoms with E-state index in [4.69, 9.17) is 4.74 Å². The number of isocyanates is 1. The smallest absolute Gasteiger partial charge is 0.240 e. The van der Waals surface area contributed by atoms with Crippen LogP contribution in [0.2, 0.25) is 0 Å². The molecule has 13 heavy (non-hydrogen) atoms. The van der Waals surface area contributed by atoms with E-state index in [0.717, 1.165) is 5.75 Å². The Bertz CT molecular complexity index is 310. The Hall–Kier alpha value is -1.60. The molecule has 0 saturated heterocycles. The molecule has 1 aromatic rings. The van der Waals surface area contributed by atoms with Crippen LogP contribution >= 0.6 is 0 Å². The fourth-order valence-corrected chi connectivity index (χ4v) is 0.924. The summed E-state index contributed by atoms with van der Waals surface area (Å²) in [5.41, 5.74) is 0.589. The molecule has 3 nitrogen and oxygen atoms in total. The highest BCUT2D eigenvalue weighted by molar-refractivity contribution is 5.49. The Kier molecular flexibility index (Phi) is 3.23. The second kappa shape index (κ2) is 4.43. The third kappa shape index (κ3) is 3.09. The van der Waals surface area contributed by atoms with E-state index in [0.29, 0.717) is 5.69 Å². The van der Waals surface area contributed by atoms with Crippen molar-refractivity contribution in [3.63, 3.8) is 0 Å². The molecule has 0 saturated carbocycles. The van der Waals surface area contributed by atoms with Gasteiger partial charge in [-0.2, -0.15) is 4.99 Å². The van der Waals surface area contributed by atoms with Crippen LogP contribution in [0.5, 0.6) is 5.75 Å². The quantitative estimate of drug-likeness (QED) is 0.525. The van der Waals surface area contributed by atoms with Gasteiger partial charge in [0.15, 0.2) is 0 Å². The monoisotopic (exact) mass is 177 g/mol. The lowest BCUT2D eigenvalue weighted by molar-refractivity contribution is 0.242. The Morgan fingerprint density at radius 2 is 1.92 bits per heavy atom. The maximum atomic E-state index is 9.91. The fraction of sp³-hybridized carbons (Fsp3) is 0.300. The van der Waals surface area contributed by atoms with Gasteiger partial charge in [0.1, 0.15) is 5.75 Å². The molecule has 0 heterocycles. The van der Waals surface area contributed by atoms with Gasteiger partial charge in [0.25, 0.3) is 0 Å². The van der Waals surface area contributed by atoms with Crippen LogP contribution in [0.15, 0.2) is 29.3 Å². The summed E-state index contributed by atoms with van der Waals surface area (Å²) >= 11 is 0. The van der Waals surface area contributed by atoms with Gasteiger partial charge in [0.05, 0.1) is 11.8 Å². The number of hydrogen-bond acceptors (Lipinski definition) is 3. The molecular formula is C10H11NO2. The Morgan fingerprint density at radius 3 is 2.38 bits per heavy atom. The fourth-order valence-electron chi connectivity index (χ4n) is 0.924. The van der Waals surface area contributed by atoms with E-state index in [1.807, 2.05) is 13.8 Å². The standard InChI is InChI=1S/C10H11NO2/c1-8(2)13-10-5-3-9(4-6-10)11-7-12/h3-6,8H,1-2H3. The van der Waals surface area contributed by atoms with Gasteiger partial charge in [0, 0.05) is 0 Å². The van der Waals surface area contributed by atoms with Gasteiger partial charge in [-0.25, -0.2) is 4.79 Å². The topological polar surface area (TPSA) is 38.7 Å². The first kappa shape index (κ1) is 9.49. The van der Waals surface area contributed by atoms with Crippen LogP contribution in [0.1, 0.15) is 13.8 Å². The van der Waals surface area contributed by atoms with E-state index in [1.54, 1.807) is 24.3 Å². The Balaban J connectivity index is 2.75. The van der Waals surface area contributed by atoms with E-state index >= 15 is 0 Å². The van der Waals surface area contributed by atoms with Crippen molar-refractivity contribution in [2.45, 2.75) is 20.0 Å². The molecule has 0 aliphatic heterocycles. The van der Waals surface area contributed by atoms with E-state index in [1.165, 1.54) is 6.08 Å². The van der Waals surface area contributed by atoms with Gasteiger partial charge in [-0.15, -0.1) is 0 Å². The maximum absolute atomic E-state index is 9.91. The van der Waals surface area contributed by atoms with Gasteiger partial charge in [-0.05, 0) is 38.1 Å². The van der Waals surface area contributed by atoms with Crippen molar-refractivity contribution in [2.75, 3.05) is 0 Å².